The highest BCUT2D eigenvalue weighted by atomic mass is 15.2. The van der Waals surface area contributed by atoms with E-state index in [0.29, 0.717) is 12.5 Å². The quantitative estimate of drug-likeness (QED) is 0.397. The summed E-state index contributed by atoms with van der Waals surface area (Å²) in [5.74, 6) is 1.26. The van der Waals surface area contributed by atoms with Crippen LogP contribution >= 0.6 is 0 Å². The first kappa shape index (κ1) is 16.0. The molecule has 0 atom stereocenters. The Bertz CT molecular complexity index is 576. The Labute approximate surface area is 131 Å². The van der Waals surface area contributed by atoms with Crippen LogP contribution in [0.1, 0.15) is 38.2 Å². The van der Waals surface area contributed by atoms with Gasteiger partial charge in [0.2, 0.25) is 0 Å². The van der Waals surface area contributed by atoms with Gasteiger partial charge in [0.05, 0.1) is 6.54 Å². The van der Waals surface area contributed by atoms with Crippen molar-refractivity contribution in [3.8, 4) is 11.4 Å². The largest absolute Gasteiger partial charge is 0.370 e. The van der Waals surface area contributed by atoms with E-state index < -0.39 is 0 Å². The summed E-state index contributed by atoms with van der Waals surface area (Å²) in [6.07, 6.45) is 6.37. The Hall–Kier alpha value is -2.37. The second kappa shape index (κ2) is 8.81. The van der Waals surface area contributed by atoms with Gasteiger partial charge in [-0.3, -0.25) is 5.10 Å². The van der Waals surface area contributed by atoms with Crippen LogP contribution in [-0.4, -0.2) is 27.7 Å². The number of nitrogens with zero attached hydrogens (tertiary/aromatic N) is 3. The SMILES string of the molecule is CCCCCCNC(N)=NCc1cccc(-c2ncn[nH]2)c1. The van der Waals surface area contributed by atoms with Crippen molar-refractivity contribution in [2.24, 2.45) is 10.7 Å². The number of hydrogen-bond donors (Lipinski definition) is 3. The van der Waals surface area contributed by atoms with Gasteiger partial charge in [0, 0.05) is 12.1 Å². The molecule has 1 heterocycles. The Balaban J connectivity index is 1.83. The zero-order valence-corrected chi connectivity index (χ0v) is 13.0. The zero-order valence-electron chi connectivity index (χ0n) is 13.0. The molecule has 0 aliphatic rings. The van der Waals surface area contributed by atoms with Gasteiger partial charge in [-0.25, -0.2) is 9.98 Å². The molecule has 22 heavy (non-hydrogen) atoms. The van der Waals surface area contributed by atoms with Crippen molar-refractivity contribution in [1.29, 1.82) is 0 Å². The van der Waals surface area contributed by atoms with Gasteiger partial charge in [-0.15, -0.1) is 0 Å². The summed E-state index contributed by atoms with van der Waals surface area (Å²) < 4.78 is 0. The summed E-state index contributed by atoms with van der Waals surface area (Å²) in [6.45, 7) is 3.64. The minimum Gasteiger partial charge on any atom is -0.370 e. The van der Waals surface area contributed by atoms with Crippen LogP contribution in [-0.2, 0) is 6.54 Å². The smallest absolute Gasteiger partial charge is 0.188 e. The highest BCUT2D eigenvalue weighted by Crippen LogP contribution is 2.15. The van der Waals surface area contributed by atoms with E-state index >= 15 is 0 Å². The van der Waals surface area contributed by atoms with Gasteiger partial charge >= 0.3 is 0 Å². The van der Waals surface area contributed by atoms with Crippen LogP contribution in [0.25, 0.3) is 11.4 Å². The van der Waals surface area contributed by atoms with Gasteiger partial charge in [0.15, 0.2) is 11.8 Å². The molecule has 0 radical (unpaired) electrons. The predicted molar refractivity (Wildman–Crippen MR) is 89.3 cm³/mol. The molecule has 4 N–H and O–H groups in total. The minimum absolute atomic E-state index is 0.501. The predicted octanol–water partition coefficient (Wildman–Crippen LogP) is 2.46. The normalized spacial score (nSPS) is 11.6. The summed E-state index contributed by atoms with van der Waals surface area (Å²) in [6, 6.07) is 8.04. The van der Waals surface area contributed by atoms with Crippen LogP contribution in [0.5, 0.6) is 0 Å². The van der Waals surface area contributed by atoms with Crippen LogP contribution in [0.4, 0.5) is 0 Å². The first-order valence-corrected chi connectivity index (χ1v) is 7.78. The molecular weight excluding hydrogens is 276 g/mol. The summed E-state index contributed by atoms with van der Waals surface area (Å²) in [4.78, 5) is 8.52. The third kappa shape index (κ3) is 5.20. The number of nitrogens with two attached hydrogens (primary N) is 1. The lowest BCUT2D eigenvalue weighted by Gasteiger charge is -2.06. The number of rotatable bonds is 8. The lowest BCUT2D eigenvalue weighted by molar-refractivity contribution is 0.652. The summed E-state index contributed by atoms with van der Waals surface area (Å²) in [7, 11) is 0. The molecule has 2 rings (SSSR count). The lowest BCUT2D eigenvalue weighted by atomic mass is 10.1. The molecule has 6 heteroatoms. The van der Waals surface area contributed by atoms with E-state index in [1.54, 1.807) is 0 Å². The molecule has 0 fully saturated rings. The first-order valence-electron chi connectivity index (χ1n) is 7.78. The molecule has 0 saturated heterocycles. The van der Waals surface area contributed by atoms with E-state index in [-0.39, 0.29) is 0 Å². The van der Waals surface area contributed by atoms with Crippen LogP contribution < -0.4 is 11.1 Å². The maximum absolute atomic E-state index is 5.88. The van der Waals surface area contributed by atoms with E-state index in [9.17, 15) is 0 Å². The summed E-state index contributed by atoms with van der Waals surface area (Å²) in [5, 5.41) is 9.87. The van der Waals surface area contributed by atoms with E-state index in [2.05, 4.69) is 32.4 Å². The van der Waals surface area contributed by atoms with Gasteiger partial charge in [-0.1, -0.05) is 44.4 Å². The van der Waals surface area contributed by atoms with Crippen molar-refractivity contribution in [1.82, 2.24) is 20.5 Å². The Morgan fingerprint density at radius 2 is 2.23 bits per heavy atom. The second-order valence-corrected chi connectivity index (χ2v) is 5.22. The molecule has 6 nitrogen and oxygen atoms in total. The molecule has 0 aliphatic carbocycles. The van der Waals surface area contributed by atoms with Crippen molar-refractivity contribution in [3.05, 3.63) is 36.2 Å². The molecule has 0 saturated carbocycles. The molecular formula is C16H24N6. The van der Waals surface area contributed by atoms with Crippen molar-refractivity contribution in [3.63, 3.8) is 0 Å². The molecule has 0 spiro atoms. The molecule has 0 bridgehead atoms. The third-order valence-electron chi connectivity index (χ3n) is 3.38. The van der Waals surface area contributed by atoms with Crippen LogP contribution in [0.15, 0.2) is 35.6 Å². The molecule has 118 valence electrons. The number of H-pyrrole nitrogens is 1. The number of aromatic amines is 1. The number of aromatic nitrogens is 3. The fourth-order valence-corrected chi connectivity index (χ4v) is 2.16. The van der Waals surface area contributed by atoms with Gasteiger partial charge < -0.3 is 11.1 Å². The van der Waals surface area contributed by atoms with Crippen LogP contribution in [0, 0.1) is 0 Å². The maximum Gasteiger partial charge on any atom is 0.188 e. The Morgan fingerprint density at radius 3 is 3.00 bits per heavy atom. The van der Waals surface area contributed by atoms with Gasteiger partial charge in [0.25, 0.3) is 0 Å². The van der Waals surface area contributed by atoms with Crippen LogP contribution in [0.2, 0.25) is 0 Å². The lowest BCUT2D eigenvalue weighted by Crippen LogP contribution is -2.32. The fourth-order valence-electron chi connectivity index (χ4n) is 2.16. The van der Waals surface area contributed by atoms with Gasteiger partial charge in [0.1, 0.15) is 6.33 Å². The molecule has 0 unspecified atom stereocenters. The topological polar surface area (TPSA) is 92.0 Å². The number of nitrogens with one attached hydrogen (secondary N) is 2. The molecule has 1 aromatic carbocycles. The van der Waals surface area contributed by atoms with Crippen molar-refractivity contribution in [2.45, 2.75) is 39.2 Å². The maximum atomic E-state index is 5.88. The Morgan fingerprint density at radius 1 is 1.32 bits per heavy atom. The third-order valence-corrected chi connectivity index (χ3v) is 3.38. The van der Waals surface area contributed by atoms with E-state index in [0.717, 1.165) is 29.9 Å². The van der Waals surface area contributed by atoms with E-state index in [1.807, 2.05) is 24.3 Å². The summed E-state index contributed by atoms with van der Waals surface area (Å²) >= 11 is 0. The molecule has 0 aliphatic heterocycles. The average molecular weight is 300 g/mol. The molecule has 2 aromatic rings. The molecule has 1 aromatic heterocycles. The van der Waals surface area contributed by atoms with Crippen molar-refractivity contribution < 1.29 is 0 Å². The second-order valence-electron chi connectivity index (χ2n) is 5.22. The number of unbranched alkanes of at least 4 members (excludes halogenated alkanes) is 3. The number of aliphatic imine (C=N–C) groups is 1. The zero-order chi connectivity index (χ0) is 15.6. The Kier molecular flexibility index (Phi) is 6.41. The first-order chi connectivity index (χ1) is 10.8. The number of benzene rings is 1. The van der Waals surface area contributed by atoms with E-state index in [4.69, 9.17) is 5.73 Å². The van der Waals surface area contributed by atoms with Crippen LogP contribution in [0.3, 0.4) is 0 Å². The monoisotopic (exact) mass is 300 g/mol. The number of hydrogen-bond acceptors (Lipinski definition) is 3. The number of guanidine groups is 1. The van der Waals surface area contributed by atoms with Gasteiger partial charge in [-0.05, 0) is 18.1 Å². The van der Waals surface area contributed by atoms with Gasteiger partial charge in [-0.2, -0.15) is 5.10 Å². The average Bonchev–Trinajstić information content (AvgIpc) is 3.07. The summed E-state index contributed by atoms with van der Waals surface area (Å²) in [5.41, 5.74) is 7.96. The highest BCUT2D eigenvalue weighted by molar-refractivity contribution is 5.77. The van der Waals surface area contributed by atoms with Crippen molar-refractivity contribution >= 4 is 5.96 Å². The van der Waals surface area contributed by atoms with E-state index in [1.165, 1.54) is 25.6 Å². The standard InChI is InChI=1S/C16H24N6/c1-2-3-4-5-9-18-16(17)19-11-13-7-6-8-14(10-13)15-20-12-21-22-15/h6-8,10,12H,2-5,9,11H2,1H3,(H3,17,18,19)(H,20,21,22). The minimum atomic E-state index is 0.501. The molecule has 0 amide bonds. The highest BCUT2D eigenvalue weighted by Gasteiger charge is 2.01. The van der Waals surface area contributed by atoms with Crippen molar-refractivity contribution in [2.75, 3.05) is 6.54 Å². The fraction of sp³-hybridized carbons (Fsp3) is 0.438.